The van der Waals surface area contributed by atoms with Gasteiger partial charge in [0.25, 0.3) is 0 Å². The van der Waals surface area contributed by atoms with Gasteiger partial charge in [0.05, 0.1) is 20.3 Å². The van der Waals surface area contributed by atoms with Gasteiger partial charge in [-0.15, -0.1) is 0 Å². The Labute approximate surface area is 115 Å². The molecule has 0 fully saturated rings. The molecule has 1 rings (SSSR count). The summed E-state index contributed by atoms with van der Waals surface area (Å²) in [7, 11) is 1.61. The van der Waals surface area contributed by atoms with Crippen LogP contribution in [-0.2, 0) is 20.9 Å². The topological polar surface area (TPSA) is 44.8 Å². The number of rotatable bonds is 6. The molecule has 0 saturated heterocycles. The van der Waals surface area contributed by atoms with Crippen LogP contribution in [0.3, 0.4) is 0 Å². The Balaban J connectivity index is 0.00000154. The molecular weight excluding hydrogens is 244 g/mol. The number of carbonyl (C=O) groups is 1. The molecule has 0 aliphatic carbocycles. The van der Waals surface area contributed by atoms with Crippen molar-refractivity contribution in [3.05, 3.63) is 29.3 Å². The minimum atomic E-state index is -0.348. The molecule has 0 unspecified atom stereocenters. The van der Waals surface area contributed by atoms with Crippen LogP contribution in [0.1, 0.15) is 31.9 Å². The summed E-state index contributed by atoms with van der Waals surface area (Å²) < 4.78 is 15.3. The van der Waals surface area contributed by atoms with Crippen LogP contribution in [0, 0.1) is 6.92 Å². The lowest BCUT2D eigenvalue weighted by atomic mass is 10.1. The maximum Gasteiger partial charge on any atom is 0.332 e. The average molecular weight is 268 g/mol. The first kappa shape index (κ1) is 17.4. The van der Waals surface area contributed by atoms with Crippen LogP contribution in [0.5, 0.6) is 5.75 Å². The lowest BCUT2D eigenvalue weighted by Gasteiger charge is -2.09. The molecule has 0 aromatic heterocycles. The van der Waals surface area contributed by atoms with Crippen LogP contribution >= 0.6 is 0 Å². The second kappa shape index (κ2) is 10.4. The Kier molecular flexibility index (Phi) is 9.53. The van der Waals surface area contributed by atoms with Gasteiger partial charge in [0.15, 0.2) is 0 Å². The molecule has 0 saturated carbocycles. The van der Waals surface area contributed by atoms with Gasteiger partial charge in [-0.25, -0.2) is 4.79 Å². The fraction of sp³-hybridized carbons (Fsp3) is 0.533. The molecule has 1 aromatic rings. The minimum Gasteiger partial charge on any atom is -0.496 e. The molecule has 0 bridgehead atoms. The second-order valence-electron chi connectivity index (χ2n) is 3.61. The first-order valence-electron chi connectivity index (χ1n) is 6.54. The molecule has 0 amide bonds. The number of carbonyl (C=O) groups excluding carboxylic acids is 1. The van der Waals surface area contributed by atoms with Crippen molar-refractivity contribution in [1.82, 2.24) is 0 Å². The predicted molar refractivity (Wildman–Crippen MR) is 75.4 cm³/mol. The SMILES string of the molecule is CC.CCOC(=O)COCc1cc(C)ccc1OC. The number of ether oxygens (including phenoxy) is 3. The van der Waals surface area contributed by atoms with Gasteiger partial charge in [-0.1, -0.05) is 31.5 Å². The molecule has 4 heteroatoms. The van der Waals surface area contributed by atoms with Crippen LogP contribution < -0.4 is 4.74 Å². The highest BCUT2D eigenvalue weighted by molar-refractivity contribution is 5.70. The maximum atomic E-state index is 11.1. The van der Waals surface area contributed by atoms with Crippen molar-refractivity contribution >= 4 is 5.97 Å². The van der Waals surface area contributed by atoms with Crippen LogP contribution in [0.2, 0.25) is 0 Å². The van der Waals surface area contributed by atoms with E-state index in [1.807, 2.05) is 39.0 Å². The van der Waals surface area contributed by atoms with Crippen molar-refractivity contribution in [3.8, 4) is 5.75 Å². The predicted octanol–water partition coefficient (Wildman–Crippen LogP) is 3.11. The number of hydrogen-bond donors (Lipinski definition) is 0. The van der Waals surface area contributed by atoms with Crippen molar-refractivity contribution < 1.29 is 19.0 Å². The quantitative estimate of drug-likeness (QED) is 0.744. The zero-order chi connectivity index (χ0) is 14.7. The lowest BCUT2D eigenvalue weighted by molar-refractivity contribution is -0.148. The van der Waals surface area contributed by atoms with E-state index in [0.29, 0.717) is 13.2 Å². The third-order valence-electron chi connectivity index (χ3n) is 2.22. The largest absolute Gasteiger partial charge is 0.496 e. The number of hydrogen-bond acceptors (Lipinski definition) is 4. The number of esters is 1. The van der Waals surface area contributed by atoms with Crippen molar-refractivity contribution in [2.45, 2.75) is 34.3 Å². The van der Waals surface area contributed by atoms with E-state index in [-0.39, 0.29) is 12.6 Å². The monoisotopic (exact) mass is 268 g/mol. The van der Waals surface area contributed by atoms with Crippen molar-refractivity contribution in [3.63, 3.8) is 0 Å². The maximum absolute atomic E-state index is 11.1. The van der Waals surface area contributed by atoms with Crippen LogP contribution in [0.15, 0.2) is 18.2 Å². The van der Waals surface area contributed by atoms with Gasteiger partial charge < -0.3 is 14.2 Å². The lowest BCUT2D eigenvalue weighted by Crippen LogP contribution is -2.12. The third-order valence-corrected chi connectivity index (χ3v) is 2.22. The van der Waals surface area contributed by atoms with Crippen LogP contribution in [-0.4, -0.2) is 26.3 Å². The summed E-state index contributed by atoms with van der Waals surface area (Å²) in [6.45, 7) is 8.43. The van der Waals surface area contributed by atoms with Crippen molar-refractivity contribution in [1.29, 1.82) is 0 Å². The van der Waals surface area contributed by atoms with E-state index in [2.05, 4.69) is 0 Å². The van der Waals surface area contributed by atoms with Crippen LogP contribution in [0.4, 0.5) is 0 Å². The highest BCUT2D eigenvalue weighted by atomic mass is 16.6. The zero-order valence-electron chi connectivity index (χ0n) is 12.5. The van der Waals surface area contributed by atoms with Gasteiger partial charge >= 0.3 is 5.97 Å². The fourth-order valence-corrected chi connectivity index (χ4v) is 1.47. The molecule has 0 heterocycles. The Morgan fingerprint density at radius 1 is 1.26 bits per heavy atom. The zero-order valence-corrected chi connectivity index (χ0v) is 12.5. The molecule has 0 N–H and O–H groups in total. The summed E-state index contributed by atoms with van der Waals surface area (Å²) in [5, 5.41) is 0. The van der Waals surface area contributed by atoms with E-state index >= 15 is 0 Å². The van der Waals surface area contributed by atoms with Crippen molar-refractivity contribution in [2.24, 2.45) is 0 Å². The first-order valence-corrected chi connectivity index (χ1v) is 6.54. The molecule has 0 aliphatic heterocycles. The van der Waals surface area contributed by atoms with E-state index in [9.17, 15) is 4.79 Å². The third kappa shape index (κ3) is 6.82. The number of methoxy groups -OCH3 is 1. The van der Waals surface area contributed by atoms with E-state index in [1.54, 1.807) is 14.0 Å². The average Bonchev–Trinajstić information content (AvgIpc) is 2.41. The summed E-state index contributed by atoms with van der Waals surface area (Å²) in [5.41, 5.74) is 2.05. The van der Waals surface area contributed by atoms with Crippen LogP contribution in [0.25, 0.3) is 0 Å². The molecular formula is C15H24O4. The highest BCUT2D eigenvalue weighted by Crippen LogP contribution is 2.20. The summed E-state index contributed by atoms with van der Waals surface area (Å²) in [6, 6.07) is 5.83. The Morgan fingerprint density at radius 3 is 2.53 bits per heavy atom. The normalized spacial score (nSPS) is 9.32. The van der Waals surface area contributed by atoms with Gasteiger partial charge in [0.2, 0.25) is 0 Å². The first-order chi connectivity index (χ1) is 9.17. The molecule has 0 aliphatic rings. The molecule has 1 aromatic carbocycles. The van der Waals surface area contributed by atoms with Gasteiger partial charge in [0, 0.05) is 5.56 Å². The van der Waals surface area contributed by atoms with Gasteiger partial charge in [-0.2, -0.15) is 0 Å². The fourth-order valence-electron chi connectivity index (χ4n) is 1.47. The Hall–Kier alpha value is -1.55. The summed E-state index contributed by atoms with van der Waals surface area (Å²) in [6.07, 6.45) is 0. The Bertz CT molecular complexity index is 374. The van der Waals surface area contributed by atoms with E-state index < -0.39 is 0 Å². The summed E-state index contributed by atoms with van der Waals surface area (Å²) in [5.74, 6) is 0.415. The summed E-state index contributed by atoms with van der Waals surface area (Å²) >= 11 is 0. The van der Waals surface area contributed by atoms with Crippen molar-refractivity contribution in [2.75, 3.05) is 20.3 Å². The van der Waals surface area contributed by atoms with E-state index in [4.69, 9.17) is 14.2 Å². The molecule has 0 atom stereocenters. The number of aryl methyl sites for hydroxylation is 1. The van der Waals surface area contributed by atoms with Gasteiger partial charge in [-0.3, -0.25) is 0 Å². The minimum absolute atomic E-state index is 0.0368. The Morgan fingerprint density at radius 2 is 1.95 bits per heavy atom. The smallest absolute Gasteiger partial charge is 0.332 e. The molecule has 0 spiro atoms. The standard InChI is InChI=1S/C13H18O4.C2H6/c1-4-17-13(14)9-16-8-11-7-10(2)5-6-12(11)15-3;1-2/h5-7H,4,8-9H2,1-3H3;1-2H3. The summed E-state index contributed by atoms with van der Waals surface area (Å²) in [4.78, 5) is 11.1. The molecule has 0 radical (unpaired) electrons. The highest BCUT2D eigenvalue weighted by Gasteiger charge is 2.06. The number of benzene rings is 1. The molecule has 108 valence electrons. The molecule has 19 heavy (non-hydrogen) atoms. The van der Waals surface area contributed by atoms with Gasteiger partial charge in [0.1, 0.15) is 12.4 Å². The second-order valence-corrected chi connectivity index (χ2v) is 3.61. The van der Waals surface area contributed by atoms with Gasteiger partial charge in [-0.05, 0) is 19.9 Å². The van der Waals surface area contributed by atoms with E-state index in [1.165, 1.54) is 0 Å². The molecule has 4 nitrogen and oxygen atoms in total. The van der Waals surface area contributed by atoms with E-state index in [0.717, 1.165) is 16.9 Å².